The second kappa shape index (κ2) is 11.6. The van der Waals surface area contributed by atoms with E-state index in [0.717, 1.165) is 33.0 Å². The Labute approximate surface area is 299 Å². The Morgan fingerprint density at radius 1 is 0.480 bits per heavy atom. The van der Waals surface area contributed by atoms with Crippen molar-refractivity contribution in [2.75, 3.05) is 0 Å². The van der Waals surface area contributed by atoms with Crippen molar-refractivity contribution in [2.45, 2.75) is 0 Å². The number of hydrogen-bond acceptors (Lipinski definition) is 5. The molecule has 3 aromatic heterocycles. The lowest BCUT2D eigenvalue weighted by molar-refractivity contribution is 0.669. The molecule has 0 bridgehead atoms. The maximum absolute atomic E-state index is 8.57. The standard InChI is InChI=1S/C45H27N3OS/c1-3-13-28(14-4-1)30-17-9-18-31(27-30)44-46-43(29-15-5-2-6-16-29)47-45(48-44)37-24-11-23-36-40-33(20-12-25-38(40)49-41(36)37)35-22-10-21-34-32-19-7-8-26-39(32)50-42(34)35/h1-27H/i1D,3D,4D,13D,14D. The lowest BCUT2D eigenvalue weighted by atomic mass is 9.97. The molecule has 0 unspecified atom stereocenters. The molecule has 0 N–H and O–H groups in total. The molecule has 0 spiro atoms. The second-order valence-corrected chi connectivity index (χ2v) is 13.0. The molecule has 0 aliphatic rings. The Morgan fingerprint density at radius 3 is 2.00 bits per heavy atom. The zero-order valence-corrected chi connectivity index (χ0v) is 27.2. The van der Waals surface area contributed by atoms with Crippen LogP contribution in [0.15, 0.2) is 168 Å². The molecule has 0 amide bonds. The molecule has 0 radical (unpaired) electrons. The first-order chi connectivity index (χ1) is 26.9. The van der Waals surface area contributed by atoms with Crippen LogP contribution in [0.5, 0.6) is 0 Å². The first kappa shape index (κ1) is 23.8. The number of aromatic nitrogens is 3. The largest absolute Gasteiger partial charge is 0.455 e. The molecule has 0 fully saturated rings. The van der Waals surface area contributed by atoms with E-state index in [1.54, 1.807) is 29.5 Å². The van der Waals surface area contributed by atoms with Gasteiger partial charge >= 0.3 is 0 Å². The molecule has 0 saturated carbocycles. The molecule has 7 aromatic carbocycles. The van der Waals surface area contributed by atoms with Crippen LogP contribution in [0.4, 0.5) is 0 Å². The van der Waals surface area contributed by atoms with E-state index in [1.165, 1.54) is 20.2 Å². The molecule has 0 saturated heterocycles. The van der Waals surface area contributed by atoms with Crippen LogP contribution in [0.25, 0.3) is 98.5 Å². The van der Waals surface area contributed by atoms with Crippen molar-refractivity contribution >= 4 is 53.4 Å². The fraction of sp³-hybridized carbons (Fsp3) is 0. The lowest BCUT2D eigenvalue weighted by Crippen LogP contribution is -2.00. The second-order valence-electron chi connectivity index (χ2n) is 12.0. The zero-order valence-electron chi connectivity index (χ0n) is 31.4. The van der Waals surface area contributed by atoms with Gasteiger partial charge in [-0.2, -0.15) is 0 Å². The average Bonchev–Trinajstić information content (AvgIpc) is 3.81. The highest BCUT2D eigenvalue weighted by molar-refractivity contribution is 7.26. The van der Waals surface area contributed by atoms with Crippen molar-refractivity contribution in [3.63, 3.8) is 0 Å². The number of thiophene rings is 1. The number of rotatable bonds is 5. The van der Waals surface area contributed by atoms with Crippen LogP contribution in [-0.2, 0) is 0 Å². The normalized spacial score (nSPS) is 13.0. The molecule has 0 aliphatic heterocycles. The smallest absolute Gasteiger partial charge is 0.167 e. The monoisotopic (exact) mass is 662 g/mol. The fourth-order valence-corrected chi connectivity index (χ4v) is 7.99. The predicted molar refractivity (Wildman–Crippen MR) is 207 cm³/mol. The summed E-state index contributed by atoms with van der Waals surface area (Å²) in [5.74, 6) is 1.23. The third-order valence-electron chi connectivity index (χ3n) is 9.03. The third-order valence-corrected chi connectivity index (χ3v) is 10.3. The molecular formula is C45H27N3OS. The van der Waals surface area contributed by atoms with Crippen molar-refractivity contribution in [3.8, 4) is 56.4 Å². The summed E-state index contributed by atoms with van der Waals surface area (Å²) in [6.07, 6.45) is 0. The van der Waals surface area contributed by atoms with Crippen LogP contribution in [0.2, 0.25) is 0 Å². The van der Waals surface area contributed by atoms with Gasteiger partial charge in [0.15, 0.2) is 17.5 Å². The number of benzene rings is 7. The Kier molecular flexibility index (Phi) is 5.54. The highest BCUT2D eigenvalue weighted by atomic mass is 32.1. The maximum atomic E-state index is 8.57. The van der Waals surface area contributed by atoms with Gasteiger partial charge in [0.2, 0.25) is 0 Å². The van der Waals surface area contributed by atoms with Crippen LogP contribution in [0.1, 0.15) is 6.85 Å². The van der Waals surface area contributed by atoms with Gasteiger partial charge in [0.05, 0.1) is 12.4 Å². The van der Waals surface area contributed by atoms with E-state index in [4.69, 9.17) is 26.2 Å². The molecule has 50 heavy (non-hydrogen) atoms. The SMILES string of the molecule is [2H]c1c([2H])c([2H])c(-c2cccc(-c3nc(-c4ccccc4)nc(-c4cccc5c4oc4cccc(-c6cccc7c6sc6ccccc67)c45)n3)c2)c([2H])c1[2H]. The third kappa shape index (κ3) is 4.71. The van der Waals surface area contributed by atoms with Gasteiger partial charge in [-0.05, 0) is 41.0 Å². The lowest BCUT2D eigenvalue weighted by Gasteiger charge is -2.10. The summed E-state index contributed by atoms with van der Waals surface area (Å²) in [6, 6.07) is 42.2. The van der Waals surface area contributed by atoms with Gasteiger partial charge in [-0.1, -0.05) is 139 Å². The molecule has 4 nitrogen and oxygen atoms in total. The Balaban J connectivity index is 1.18. The Hall–Kier alpha value is -6.43. The summed E-state index contributed by atoms with van der Waals surface area (Å²) in [4.78, 5) is 14.9. The fourth-order valence-electron chi connectivity index (χ4n) is 6.76. The van der Waals surface area contributed by atoms with E-state index < -0.39 is 18.1 Å². The molecule has 0 aliphatic carbocycles. The number of fused-ring (bicyclic) bond motifs is 6. The van der Waals surface area contributed by atoms with E-state index in [1.807, 2.05) is 60.7 Å². The number of furan rings is 1. The maximum Gasteiger partial charge on any atom is 0.167 e. The van der Waals surface area contributed by atoms with E-state index in [0.29, 0.717) is 39.7 Å². The minimum atomic E-state index is -0.437. The summed E-state index contributed by atoms with van der Waals surface area (Å²) < 4.78 is 50.8. The van der Waals surface area contributed by atoms with E-state index in [-0.39, 0.29) is 17.6 Å². The summed E-state index contributed by atoms with van der Waals surface area (Å²) >= 11 is 1.80. The van der Waals surface area contributed by atoms with E-state index in [2.05, 4.69) is 54.6 Å². The molecule has 10 aromatic rings. The average molecular weight is 663 g/mol. The summed E-state index contributed by atoms with van der Waals surface area (Å²) in [7, 11) is 0. The van der Waals surface area contributed by atoms with E-state index in [9.17, 15) is 0 Å². The molecule has 10 rings (SSSR count). The van der Waals surface area contributed by atoms with Gasteiger partial charge in [-0.25, -0.2) is 15.0 Å². The van der Waals surface area contributed by atoms with Gasteiger partial charge in [0, 0.05) is 47.6 Å². The van der Waals surface area contributed by atoms with Gasteiger partial charge in [-0.3, -0.25) is 0 Å². The molecule has 3 heterocycles. The minimum absolute atomic E-state index is 0.111. The number of para-hydroxylation sites is 1. The van der Waals surface area contributed by atoms with Crippen molar-refractivity contribution in [3.05, 3.63) is 164 Å². The van der Waals surface area contributed by atoms with Gasteiger partial charge in [0.1, 0.15) is 11.2 Å². The van der Waals surface area contributed by atoms with Crippen molar-refractivity contribution in [1.82, 2.24) is 15.0 Å². The Morgan fingerprint density at radius 2 is 1.12 bits per heavy atom. The first-order valence-corrected chi connectivity index (χ1v) is 17.0. The van der Waals surface area contributed by atoms with E-state index >= 15 is 0 Å². The highest BCUT2D eigenvalue weighted by Gasteiger charge is 2.21. The van der Waals surface area contributed by atoms with Crippen molar-refractivity contribution in [2.24, 2.45) is 0 Å². The number of hydrogen-bond donors (Lipinski definition) is 0. The predicted octanol–water partition coefficient (Wildman–Crippen LogP) is 12.5. The van der Waals surface area contributed by atoms with Crippen LogP contribution in [-0.4, -0.2) is 15.0 Å². The topological polar surface area (TPSA) is 51.8 Å². The minimum Gasteiger partial charge on any atom is -0.455 e. The van der Waals surface area contributed by atoms with Gasteiger partial charge < -0.3 is 4.42 Å². The highest BCUT2D eigenvalue weighted by Crippen LogP contribution is 2.45. The molecular weight excluding hydrogens is 631 g/mol. The quantitative estimate of drug-likeness (QED) is 0.184. The van der Waals surface area contributed by atoms with Crippen LogP contribution < -0.4 is 0 Å². The number of nitrogens with zero attached hydrogens (tertiary/aromatic N) is 3. The van der Waals surface area contributed by atoms with Crippen LogP contribution >= 0.6 is 11.3 Å². The molecule has 0 atom stereocenters. The van der Waals surface area contributed by atoms with Crippen molar-refractivity contribution in [1.29, 1.82) is 0 Å². The molecule has 234 valence electrons. The van der Waals surface area contributed by atoms with Crippen molar-refractivity contribution < 1.29 is 11.3 Å². The van der Waals surface area contributed by atoms with Gasteiger partial charge in [0.25, 0.3) is 0 Å². The first-order valence-electron chi connectivity index (χ1n) is 18.7. The summed E-state index contributed by atoms with van der Waals surface area (Å²) in [5.41, 5.74) is 6.28. The van der Waals surface area contributed by atoms with Crippen LogP contribution in [0.3, 0.4) is 0 Å². The van der Waals surface area contributed by atoms with Gasteiger partial charge in [-0.15, -0.1) is 11.3 Å². The molecule has 5 heteroatoms. The summed E-state index contributed by atoms with van der Waals surface area (Å²) in [6.45, 7) is 0. The zero-order chi connectivity index (χ0) is 37.4. The summed E-state index contributed by atoms with van der Waals surface area (Å²) in [5, 5.41) is 4.42. The van der Waals surface area contributed by atoms with Crippen LogP contribution in [0, 0.1) is 0 Å². The Bertz CT molecular complexity index is 3150.